The van der Waals surface area contributed by atoms with Gasteiger partial charge in [0.2, 0.25) is 0 Å². The molecule has 0 saturated carbocycles. The highest BCUT2D eigenvalue weighted by Gasteiger charge is 1.88. The Balaban J connectivity index is 2.91. The summed E-state index contributed by atoms with van der Waals surface area (Å²) in [6.07, 6.45) is 3.91. The molecule has 0 aromatic heterocycles. The van der Waals surface area contributed by atoms with E-state index < -0.39 is 0 Å². The second-order valence-electron chi connectivity index (χ2n) is 2.18. The highest BCUT2D eigenvalue weighted by molar-refractivity contribution is 5.52. The highest BCUT2D eigenvalue weighted by atomic mass is 16.3. The number of hydrogen-bond acceptors (Lipinski definition) is 2. The van der Waals surface area contributed by atoms with E-state index in [0.717, 1.165) is 5.56 Å². The number of allylic oxidation sites excluding steroid dienone is 1. The summed E-state index contributed by atoms with van der Waals surface area (Å²) in [6.45, 7) is 1.95. The number of benzene rings is 1. The Bertz CT molecular complexity index is 261. The minimum atomic E-state index is 0.471. The first-order chi connectivity index (χ1) is 5.36. The van der Waals surface area contributed by atoms with Crippen LogP contribution in [-0.2, 0) is 0 Å². The second kappa shape index (κ2) is 3.66. The number of rotatable bonds is 2. The van der Waals surface area contributed by atoms with Crippen LogP contribution in [0.15, 0.2) is 35.5 Å². The molecule has 1 aromatic rings. The maximum atomic E-state index is 10.0. The molecule has 2 nitrogen and oxygen atoms in total. The van der Waals surface area contributed by atoms with Gasteiger partial charge in [-0.05, 0) is 29.8 Å². The Hall–Kier alpha value is -1.44. The van der Waals surface area contributed by atoms with Gasteiger partial charge in [-0.1, -0.05) is 24.3 Å². The van der Waals surface area contributed by atoms with Crippen LogP contribution >= 0.6 is 0 Å². The van der Waals surface area contributed by atoms with E-state index in [-0.39, 0.29) is 0 Å². The molecule has 0 unspecified atom stereocenters. The number of nitroso groups, excluding NO2 is 1. The first kappa shape index (κ1) is 7.66. The Morgan fingerprint density at radius 2 is 1.91 bits per heavy atom. The van der Waals surface area contributed by atoms with E-state index in [4.69, 9.17) is 0 Å². The van der Waals surface area contributed by atoms with Crippen molar-refractivity contribution in [3.8, 4) is 0 Å². The predicted octanol–water partition coefficient (Wildman–Crippen LogP) is 3.12. The molecule has 0 aliphatic heterocycles. The van der Waals surface area contributed by atoms with Gasteiger partial charge in [0.1, 0.15) is 5.69 Å². The van der Waals surface area contributed by atoms with Gasteiger partial charge in [0, 0.05) is 0 Å². The van der Waals surface area contributed by atoms with Crippen molar-refractivity contribution < 1.29 is 0 Å². The van der Waals surface area contributed by atoms with Crippen molar-refractivity contribution in [3.63, 3.8) is 0 Å². The molecule has 11 heavy (non-hydrogen) atoms. The monoisotopic (exact) mass is 147 g/mol. The summed E-state index contributed by atoms with van der Waals surface area (Å²) >= 11 is 0. The topological polar surface area (TPSA) is 29.4 Å². The number of nitrogens with zero attached hydrogens (tertiary/aromatic N) is 1. The fraction of sp³-hybridized carbons (Fsp3) is 0.111. The Labute approximate surface area is 65.5 Å². The van der Waals surface area contributed by atoms with Crippen LogP contribution in [0.2, 0.25) is 0 Å². The summed E-state index contributed by atoms with van der Waals surface area (Å²) in [4.78, 5) is 10.0. The van der Waals surface area contributed by atoms with Crippen LogP contribution in [0.5, 0.6) is 0 Å². The van der Waals surface area contributed by atoms with Gasteiger partial charge in [-0.25, -0.2) is 0 Å². The zero-order chi connectivity index (χ0) is 8.10. The quantitative estimate of drug-likeness (QED) is 0.591. The largest absolute Gasteiger partial charge is 0.145 e. The molecule has 0 saturated heterocycles. The minimum absolute atomic E-state index is 0.471. The van der Waals surface area contributed by atoms with E-state index in [1.165, 1.54) is 0 Å². The van der Waals surface area contributed by atoms with Crippen molar-refractivity contribution in [1.82, 2.24) is 0 Å². The average molecular weight is 147 g/mol. The van der Waals surface area contributed by atoms with Crippen LogP contribution in [0.1, 0.15) is 12.5 Å². The molecule has 0 aliphatic carbocycles. The predicted molar refractivity (Wildman–Crippen MR) is 46.6 cm³/mol. The minimum Gasteiger partial charge on any atom is -0.145 e. The van der Waals surface area contributed by atoms with E-state index in [0.29, 0.717) is 5.69 Å². The summed E-state index contributed by atoms with van der Waals surface area (Å²) in [5.41, 5.74) is 1.55. The van der Waals surface area contributed by atoms with Crippen LogP contribution in [0.3, 0.4) is 0 Å². The van der Waals surface area contributed by atoms with Gasteiger partial charge in [0.05, 0.1) is 0 Å². The van der Waals surface area contributed by atoms with E-state index in [1.807, 2.05) is 31.2 Å². The second-order valence-corrected chi connectivity index (χ2v) is 2.18. The highest BCUT2D eigenvalue weighted by Crippen LogP contribution is 2.12. The Kier molecular flexibility index (Phi) is 2.55. The fourth-order valence-corrected chi connectivity index (χ4v) is 0.839. The maximum Gasteiger partial charge on any atom is 0.108 e. The van der Waals surface area contributed by atoms with E-state index in [1.54, 1.807) is 12.1 Å². The normalized spacial score (nSPS) is 10.3. The zero-order valence-corrected chi connectivity index (χ0v) is 6.32. The third-order valence-corrected chi connectivity index (χ3v) is 1.36. The molecule has 1 rings (SSSR count). The van der Waals surface area contributed by atoms with E-state index in [2.05, 4.69) is 5.18 Å². The zero-order valence-electron chi connectivity index (χ0n) is 6.32. The molecule has 0 atom stereocenters. The molecule has 0 heterocycles. The molecular formula is C9H9NO. The van der Waals surface area contributed by atoms with Crippen molar-refractivity contribution in [2.24, 2.45) is 5.18 Å². The third-order valence-electron chi connectivity index (χ3n) is 1.36. The number of hydrogen-bond donors (Lipinski definition) is 0. The molecule has 0 fully saturated rings. The average Bonchev–Trinajstić information content (AvgIpc) is 2.07. The van der Waals surface area contributed by atoms with E-state index in [9.17, 15) is 4.91 Å². The van der Waals surface area contributed by atoms with Gasteiger partial charge in [-0.2, -0.15) is 0 Å². The van der Waals surface area contributed by atoms with Crippen LogP contribution < -0.4 is 0 Å². The maximum absolute atomic E-state index is 10.0. The SMILES string of the molecule is C/C=C/c1ccc(N=O)cc1. The summed E-state index contributed by atoms with van der Waals surface area (Å²) in [6, 6.07) is 7.11. The van der Waals surface area contributed by atoms with Gasteiger partial charge in [-0.15, -0.1) is 4.91 Å². The van der Waals surface area contributed by atoms with Gasteiger partial charge < -0.3 is 0 Å². The van der Waals surface area contributed by atoms with Crippen LogP contribution in [-0.4, -0.2) is 0 Å². The lowest BCUT2D eigenvalue weighted by molar-refractivity contribution is 1.49. The molecule has 0 aliphatic rings. The van der Waals surface area contributed by atoms with Gasteiger partial charge >= 0.3 is 0 Å². The Morgan fingerprint density at radius 3 is 2.36 bits per heavy atom. The van der Waals surface area contributed by atoms with Crippen LogP contribution in [0.25, 0.3) is 6.08 Å². The molecule has 0 N–H and O–H groups in total. The lowest BCUT2D eigenvalue weighted by atomic mass is 10.2. The van der Waals surface area contributed by atoms with Crippen LogP contribution in [0, 0.1) is 4.91 Å². The van der Waals surface area contributed by atoms with Crippen molar-refractivity contribution in [2.45, 2.75) is 6.92 Å². The smallest absolute Gasteiger partial charge is 0.108 e. The van der Waals surface area contributed by atoms with Crippen LogP contribution in [0.4, 0.5) is 5.69 Å². The summed E-state index contributed by atoms with van der Waals surface area (Å²) < 4.78 is 0. The van der Waals surface area contributed by atoms with Crippen molar-refractivity contribution in [1.29, 1.82) is 0 Å². The molecule has 2 heteroatoms. The van der Waals surface area contributed by atoms with Crippen molar-refractivity contribution >= 4 is 11.8 Å². The molecule has 56 valence electrons. The Morgan fingerprint density at radius 1 is 1.27 bits per heavy atom. The lowest BCUT2D eigenvalue weighted by Crippen LogP contribution is -1.68. The molecular weight excluding hydrogens is 138 g/mol. The summed E-state index contributed by atoms with van der Waals surface area (Å²) in [5.74, 6) is 0. The molecule has 0 spiro atoms. The van der Waals surface area contributed by atoms with Crippen molar-refractivity contribution in [3.05, 3.63) is 40.8 Å². The summed E-state index contributed by atoms with van der Waals surface area (Å²) in [7, 11) is 0. The fourth-order valence-electron chi connectivity index (χ4n) is 0.839. The lowest BCUT2D eigenvalue weighted by Gasteiger charge is -1.90. The standard InChI is InChI=1S/C9H9NO/c1-2-3-8-4-6-9(10-11)7-5-8/h2-7H,1H3/b3-2+. The van der Waals surface area contributed by atoms with Gasteiger partial charge in [0.15, 0.2) is 0 Å². The molecule has 1 aromatic carbocycles. The summed E-state index contributed by atoms with van der Waals surface area (Å²) in [5, 5.41) is 2.80. The third kappa shape index (κ3) is 2.00. The first-order valence-electron chi connectivity index (χ1n) is 3.43. The van der Waals surface area contributed by atoms with Crippen molar-refractivity contribution in [2.75, 3.05) is 0 Å². The van der Waals surface area contributed by atoms with E-state index >= 15 is 0 Å². The molecule has 0 radical (unpaired) electrons. The molecule has 0 amide bonds. The van der Waals surface area contributed by atoms with Gasteiger partial charge in [0.25, 0.3) is 0 Å². The molecule has 0 bridgehead atoms. The first-order valence-corrected chi connectivity index (χ1v) is 3.43. The van der Waals surface area contributed by atoms with Gasteiger partial charge in [-0.3, -0.25) is 0 Å².